The lowest BCUT2D eigenvalue weighted by atomic mass is 10.00. The SMILES string of the molecule is CC(C)COCCC(=O)NCC(C)(O)c1cnn(C)c1. The molecule has 0 aliphatic heterocycles. The van der Waals surface area contributed by atoms with Gasteiger partial charge in [-0.3, -0.25) is 9.48 Å². The number of nitrogens with one attached hydrogen (secondary N) is 1. The summed E-state index contributed by atoms with van der Waals surface area (Å²) >= 11 is 0. The van der Waals surface area contributed by atoms with Crippen molar-refractivity contribution in [2.24, 2.45) is 13.0 Å². The first-order valence-corrected chi connectivity index (χ1v) is 6.87. The Morgan fingerprint density at radius 2 is 2.30 bits per heavy atom. The second-order valence-corrected chi connectivity index (χ2v) is 5.67. The van der Waals surface area contributed by atoms with Gasteiger partial charge in [0, 0.05) is 31.8 Å². The number of aryl methyl sites for hydroxylation is 1. The molecule has 1 aromatic heterocycles. The summed E-state index contributed by atoms with van der Waals surface area (Å²) < 4.78 is 6.97. The van der Waals surface area contributed by atoms with Crippen molar-refractivity contribution >= 4 is 5.91 Å². The fourth-order valence-electron chi connectivity index (χ4n) is 1.64. The zero-order chi connectivity index (χ0) is 15.2. The van der Waals surface area contributed by atoms with E-state index in [0.29, 0.717) is 31.1 Å². The third-order valence-corrected chi connectivity index (χ3v) is 2.88. The zero-order valence-electron chi connectivity index (χ0n) is 12.7. The molecule has 1 atom stereocenters. The summed E-state index contributed by atoms with van der Waals surface area (Å²) in [6.07, 6.45) is 3.63. The average molecular weight is 283 g/mol. The summed E-state index contributed by atoms with van der Waals surface area (Å²) in [5, 5.41) is 17.0. The fourth-order valence-corrected chi connectivity index (χ4v) is 1.64. The van der Waals surface area contributed by atoms with Gasteiger partial charge in [-0.1, -0.05) is 13.8 Å². The van der Waals surface area contributed by atoms with Gasteiger partial charge in [0.25, 0.3) is 0 Å². The van der Waals surface area contributed by atoms with Gasteiger partial charge in [-0.25, -0.2) is 0 Å². The lowest BCUT2D eigenvalue weighted by Crippen LogP contribution is -2.38. The van der Waals surface area contributed by atoms with E-state index in [4.69, 9.17) is 4.74 Å². The van der Waals surface area contributed by atoms with Crippen LogP contribution in [0.4, 0.5) is 0 Å². The number of aliphatic hydroxyl groups is 1. The minimum Gasteiger partial charge on any atom is -0.383 e. The first-order chi connectivity index (χ1) is 9.31. The van der Waals surface area contributed by atoms with Crippen LogP contribution in [0.1, 0.15) is 32.8 Å². The van der Waals surface area contributed by atoms with Crippen molar-refractivity contribution in [2.45, 2.75) is 32.8 Å². The van der Waals surface area contributed by atoms with E-state index in [1.807, 2.05) is 0 Å². The van der Waals surface area contributed by atoms with Crippen LogP contribution in [0.5, 0.6) is 0 Å². The van der Waals surface area contributed by atoms with E-state index in [2.05, 4.69) is 24.3 Å². The molecule has 1 heterocycles. The average Bonchev–Trinajstić information content (AvgIpc) is 2.79. The van der Waals surface area contributed by atoms with Gasteiger partial charge in [0.2, 0.25) is 5.91 Å². The molecule has 0 aromatic carbocycles. The van der Waals surface area contributed by atoms with Crippen molar-refractivity contribution in [2.75, 3.05) is 19.8 Å². The van der Waals surface area contributed by atoms with Crippen LogP contribution in [-0.2, 0) is 22.2 Å². The maximum Gasteiger partial charge on any atom is 0.222 e. The number of amides is 1. The van der Waals surface area contributed by atoms with Gasteiger partial charge in [-0.15, -0.1) is 0 Å². The number of nitrogens with zero attached hydrogens (tertiary/aromatic N) is 2. The number of ether oxygens (including phenoxy) is 1. The lowest BCUT2D eigenvalue weighted by Gasteiger charge is -2.22. The van der Waals surface area contributed by atoms with Crippen molar-refractivity contribution in [3.8, 4) is 0 Å². The Bertz CT molecular complexity index is 427. The summed E-state index contributed by atoms with van der Waals surface area (Å²) in [6, 6.07) is 0. The van der Waals surface area contributed by atoms with Crippen molar-refractivity contribution in [3.05, 3.63) is 18.0 Å². The molecule has 1 unspecified atom stereocenters. The molecule has 0 spiro atoms. The molecule has 114 valence electrons. The van der Waals surface area contributed by atoms with Crippen molar-refractivity contribution in [1.29, 1.82) is 0 Å². The highest BCUT2D eigenvalue weighted by atomic mass is 16.5. The van der Waals surface area contributed by atoms with Gasteiger partial charge in [0.1, 0.15) is 5.60 Å². The van der Waals surface area contributed by atoms with E-state index in [1.165, 1.54) is 0 Å². The Balaban J connectivity index is 2.29. The maximum atomic E-state index is 11.6. The van der Waals surface area contributed by atoms with Crippen molar-refractivity contribution < 1.29 is 14.6 Å². The molecule has 0 saturated heterocycles. The van der Waals surface area contributed by atoms with Crippen LogP contribution in [0.2, 0.25) is 0 Å². The topological polar surface area (TPSA) is 76.4 Å². The zero-order valence-corrected chi connectivity index (χ0v) is 12.7. The molecule has 1 aromatic rings. The molecule has 0 aliphatic rings. The van der Waals surface area contributed by atoms with E-state index < -0.39 is 5.60 Å². The molecule has 0 aliphatic carbocycles. The second-order valence-electron chi connectivity index (χ2n) is 5.67. The molecule has 1 amide bonds. The summed E-state index contributed by atoms with van der Waals surface area (Å²) in [4.78, 5) is 11.6. The molecule has 0 saturated carbocycles. The molecular formula is C14H25N3O3. The Kier molecular flexibility index (Phi) is 6.16. The third-order valence-electron chi connectivity index (χ3n) is 2.88. The summed E-state index contributed by atoms with van der Waals surface area (Å²) in [6.45, 7) is 6.98. The quantitative estimate of drug-likeness (QED) is 0.692. The van der Waals surface area contributed by atoms with E-state index in [1.54, 1.807) is 31.0 Å². The van der Waals surface area contributed by atoms with Gasteiger partial charge >= 0.3 is 0 Å². The minimum absolute atomic E-state index is 0.127. The number of aromatic nitrogens is 2. The van der Waals surface area contributed by atoms with Gasteiger partial charge < -0.3 is 15.2 Å². The Hall–Kier alpha value is -1.40. The molecule has 20 heavy (non-hydrogen) atoms. The molecule has 6 nitrogen and oxygen atoms in total. The highest BCUT2D eigenvalue weighted by Gasteiger charge is 2.25. The normalized spacial score (nSPS) is 14.3. The molecule has 0 fully saturated rings. The molecular weight excluding hydrogens is 258 g/mol. The highest BCUT2D eigenvalue weighted by molar-refractivity contribution is 5.76. The van der Waals surface area contributed by atoms with Crippen molar-refractivity contribution in [3.63, 3.8) is 0 Å². The first kappa shape index (κ1) is 16.7. The van der Waals surface area contributed by atoms with Crippen LogP contribution in [0.3, 0.4) is 0 Å². The number of hydrogen-bond acceptors (Lipinski definition) is 4. The number of hydrogen-bond donors (Lipinski definition) is 2. The van der Waals surface area contributed by atoms with Crippen LogP contribution in [-0.4, -0.2) is 40.6 Å². The Morgan fingerprint density at radius 1 is 1.60 bits per heavy atom. The van der Waals surface area contributed by atoms with Crippen LogP contribution in [0.15, 0.2) is 12.4 Å². The lowest BCUT2D eigenvalue weighted by molar-refractivity contribution is -0.123. The van der Waals surface area contributed by atoms with Gasteiger partial charge in [-0.05, 0) is 12.8 Å². The fraction of sp³-hybridized carbons (Fsp3) is 0.714. The summed E-state index contributed by atoms with van der Waals surface area (Å²) in [5.41, 5.74) is -0.445. The van der Waals surface area contributed by atoms with E-state index in [0.717, 1.165) is 0 Å². The molecule has 1 rings (SSSR count). The predicted molar refractivity (Wildman–Crippen MR) is 76.1 cm³/mol. The molecule has 6 heteroatoms. The Morgan fingerprint density at radius 3 is 2.85 bits per heavy atom. The van der Waals surface area contributed by atoms with E-state index >= 15 is 0 Å². The molecule has 0 radical (unpaired) electrons. The van der Waals surface area contributed by atoms with E-state index in [-0.39, 0.29) is 12.5 Å². The molecule has 0 bridgehead atoms. The van der Waals surface area contributed by atoms with Gasteiger partial charge in [0.15, 0.2) is 0 Å². The predicted octanol–water partition coefficient (Wildman–Crippen LogP) is 0.806. The monoisotopic (exact) mass is 283 g/mol. The standard InChI is InChI=1S/C14H25N3O3/c1-11(2)9-20-6-5-13(18)15-10-14(3,19)12-7-16-17(4)8-12/h7-8,11,19H,5-6,9-10H2,1-4H3,(H,15,18). The minimum atomic E-state index is -1.12. The molecule has 2 N–H and O–H groups in total. The van der Waals surface area contributed by atoms with Crippen LogP contribution in [0.25, 0.3) is 0 Å². The van der Waals surface area contributed by atoms with Crippen molar-refractivity contribution in [1.82, 2.24) is 15.1 Å². The van der Waals surface area contributed by atoms with E-state index in [9.17, 15) is 9.90 Å². The van der Waals surface area contributed by atoms with Crippen LogP contribution >= 0.6 is 0 Å². The maximum absolute atomic E-state index is 11.6. The van der Waals surface area contributed by atoms with Gasteiger partial charge in [-0.2, -0.15) is 5.10 Å². The highest BCUT2D eigenvalue weighted by Crippen LogP contribution is 2.18. The first-order valence-electron chi connectivity index (χ1n) is 6.87. The smallest absolute Gasteiger partial charge is 0.222 e. The Labute approximate surface area is 120 Å². The summed E-state index contributed by atoms with van der Waals surface area (Å²) in [7, 11) is 1.78. The largest absolute Gasteiger partial charge is 0.383 e. The summed E-state index contributed by atoms with van der Waals surface area (Å²) in [5.74, 6) is 0.335. The van der Waals surface area contributed by atoms with Crippen LogP contribution < -0.4 is 5.32 Å². The number of rotatable bonds is 8. The van der Waals surface area contributed by atoms with Crippen LogP contribution in [0, 0.1) is 5.92 Å². The number of carbonyl (C=O) groups excluding carboxylic acids is 1. The third kappa shape index (κ3) is 5.71. The number of carbonyl (C=O) groups is 1. The second kappa shape index (κ2) is 7.40. The van der Waals surface area contributed by atoms with Gasteiger partial charge in [0.05, 0.1) is 19.3 Å².